The first-order valence-corrected chi connectivity index (χ1v) is 12.3. The topological polar surface area (TPSA) is 62.4 Å². The Labute approximate surface area is 192 Å². The fraction of sp³-hybridized carbons (Fsp3) is 0.111. The standard InChI is InChI=1S/C27H22N2O3S/c1-18-11-13-21(14-12-18)33(30,31)29-16-24-20(17-32-29)15-23-22-9-5-6-10-25(22)28-27(23)26(24)19-7-3-2-4-8-19/h2-15,28H,16-17H2,1H3. The number of hydroxylamine groups is 1. The molecule has 6 rings (SSSR count). The van der Waals surface area contributed by atoms with E-state index < -0.39 is 10.0 Å². The number of benzene rings is 4. The molecule has 0 aliphatic carbocycles. The number of aryl methyl sites for hydroxylation is 1. The van der Waals surface area contributed by atoms with E-state index in [-0.39, 0.29) is 18.0 Å². The van der Waals surface area contributed by atoms with Crippen molar-refractivity contribution < 1.29 is 13.3 Å². The van der Waals surface area contributed by atoms with Crippen LogP contribution in [0.4, 0.5) is 0 Å². The average Bonchev–Trinajstić information content (AvgIpc) is 3.21. The molecule has 2 heterocycles. The summed E-state index contributed by atoms with van der Waals surface area (Å²) in [6.07, 6.45) is 0. The zero-order valence-electron chi connectivity index (χ0n) is 18.1. The van der Waals surface area contributed by atoms with E-state index in [4.69, 9.17) is 4.84 Å². The molecule has 1 N–H and O–H groups in total. The highest BCUT2D eigenvalue weighted by Gasteiger charge is 2.32. The van der Waals surface area contributed by atoms with Gasteiger partial charge in [0.2, 0.25) is 0 Å². The summed E-state index contributed by atoms with van der Waals surface area (Å²) in [7, 11) is -3.80. The molecule has 0 saturated carbocycles. The fourth-order valence-electron chi connectivity index (χ4n) is 4.61. The number of nitrogens with zero attached hydrogens (tertiary/aromatic N) is 1. The molecule has 0 fully saturated rings. The molecule has 164 valence electrons. The number of aromatic amines is 1. The van der Waals surface area contributed by atoms with Gasteiger partial charge in [0.25, 0.3) is 10.0 Å². The summed E-state index contributed by atoms with van der Waals surface area (Å²) < 4.78 is 27.8. The number of aromatic nitrogens is 1. The normalized spacial score (nSPS) is 14.6. The largest absolute Gasteiger partial charge is 0.354 e. The second-order valence-corrected chi connectivity index (χ2v) is 10.2. The zero-order valence-corrected chi connectivity index (χ0v) is 18.9. The number of hydrogen-bond acceptors (Lipinski definition) is 3. The smallest absolute Gasteiger partial charge is 0.265 e. The van der Waals surface area contributed by atoms with Crippen molar-refractivity contribution in [2.24, 2.45) is 0 Å². The third kappa shape index (κ3) is 3.26. The van der Waals surface area contributed by atoms with E-state index >= 15 is 0 Å². The van der Waals surface area contributed by atoms with Crippen molar-refractivity contribution in [3.05, 3.63) is 102 Å². The van der Waals surface area contributed by atoms with Crippen LogP contribution >= 0.6 is 0 Å². The van der Waals surface area contributed by atoms with Gasteiger partial charge < -0.3 is 4.98 Å². The van der Waals surface area contributed by atoms with Gasteiger partial charge in [-0.15, -0.1) is 0 Å². The lowest BCUT2D eigenvalue weighted by molar-refractivity contribution is -0.114. The van der Waals surface area contributed by atoms with Crippen LogP contribution in [-0.4, -0.2) is 17.9 Å². The maximum Gasteiger partial charge on any atom is 0.265 e. The van der Waals surface area contributed by atoms with Gasteiger partial charge in [0.15, 0.2) is 0 Å². The van der Waals surface area contributed by atoms with Gasteiger partial charge in [-0.3, -0.25) is 4.84 Å². The van der Waals surface area contributed by atoms with Crippen LogP contribution in [0.2, 0.25) is 0 Å². The van der Waals surface area contributed by atoms with Crippen LogP contribution in [-0.2, 0) is 28.0 Å². The molecule has 0 amide bonds. The highest BCUT2D eigenvalue weighted by Crippen LogP contribution is 2.41. The Morgan fingerprint density at radius 1 is 0.879 bits per heavy atom. The van der Waals surface area contributed by atoms with Crippen molar-refractivity contribution in [1.82, 2.24) is 9.45 Å². The minimum Gasteiger partial charge on any atom is -0.354 e. The minimum absolute atomic E-state index is 0.140. The summed E-state index contributed by atoms with van der Waals surface area (Å²) in [4.78, 5) is 9.62. The molecule has 1 aliphatic rings. The predicted molar refractivity (Wildman–Crippen MR) is 130 cm³/mol. The van der Waals surface area contributed by atoms with Gasteiger partial charge in [0.05, 0.1) is 23.6 Å². The van der Waals surface area contributed by atoms with E-state index in [9.17, 15) is 8.42 Å². The number of H-pyrrole nitrogens is 1. The van der Waals surface area contributed by atoms with Crippen molar-refractivity contribution in [2.75, 3.05) is 0 Å². The lowest BCUT2D eigenvalue weighted by Gasteiger charge is -2.29. The van der Waals surface area contributed by atoms with E-state index in [0.717, 1.165) is 54.1 Å². The van der Waals surface area contributed by atoms with Gasteiger partial charge >= 0.3 is 0 Å². The first-order valence-electron chi connectivity index (χ1n) is 10.9. The molecule has 0 bridgehead atoms. The van der Waals surface area contributed by atoms with Crippen LogP contribution < -0.4 is 0 Å². The van der Waals surface area contributed by atoms with E-state index in [1.54, 1.807) is 24.3 Å². The Morgan fingerprint density at radius 2 is 1.61 bits per heavy atom. The monoisotopic (exact) mass is 454 g/mol. The molecule has 5 aromatic rings. The Kier molecular flexibility index (Phi) is 4.62. The van der Waals surface area contributed by atoms with Gasteiger partial charge in [-0.05, 0) is 47.9 Å². The van der Waals surface area contributed by atoms with Crippen LogP contribution in [0.5, 0.6) is 0 Å². The Balaban J connectivity index is 1.56. The van der Waals surface area contributed by atoms with Crippen LogP contribution in [0, 0.1) is 6.92 Å². The lowest BCUT2D eigenvalue weighted by Crippen LogP contribution is -2.34. The van der Waals surface area contributed by atoms with Crippen molar-refractivity contribution in [3.8, 4) is 11.1 Å². The number of sulfonamides is 1. The number of fused-ring (bicyclic) bond motifs is 4. The Morgan fingerprint density at radius 3 is 2.39 bits per heavy atom. The van der Waals surface area contributed by atoms with Crippen LogP contribution in [0.15, 0.2) is 89.8 Å². The summed E-state index contributed by atoms with van der Waals surface area (Å²) in [5.41, 5.74) is 7.09. The predicted octanol–water partition coefficient (Wildman–Crippen LogP) is 5.93. The molecule has 33 heavy (non-hydrogen) atoms. The van der Waals surface area contributed by atoms with E-state index in [1.165, 1.54) is 0 Å². The summed E-state index contributed by atoms with van der Waals surface area (Å²) >= 11 is 0. The number of para-hydroxylation sites is 1. The Hall–Kier alpha value is -3.45. The molecule has 0 spiro atoms. The van der Waals surface area contributed by atoms with E-state index in [2.05, 4.69) is 35.3 Å². The van der Waals surface area contributed by atoms with Crippen LogP contribution in [0.3, 0.4) is 0 Å². The number of hydrogen-bond donors (Lipinski definition) is 1. The molecular formula is C27H22N2O3S. The highest BCUT2D eigenvalue weighted by atomic mass is 32.2. The molecule has 0 radical (unpaired) electrons. The van der Waals surface area contributed by atoms with Gasteiger partial charge in [-0.25, -0.2) is 8.42 Å². The molecule has 4 aromatic carbocycles. The third-order valence-corrected chi connectivity index (χ3v) is 7.94. The van der Waals surface area contributed by atoms with Crippen molar-refractivity contribution >= 4 is 31.8 Å². The van der Waals surface area contributed by atoms with Gasteiger partial charge in [-0.2, -0.15) is 0 Å². The van der Waals surface area contributed by atoms with Crippen LogP contribution in [0.1, 0.15) is 16.7 Å². The van der Waals surface area contributed by atoms with Gasteiger partial charge in [0.1, 0.15) is 0 Å². The number of rotatable bonds is 3. The quantitative estimate of drug-likeness (QED) is 0.367. The number of nitrogens with one attached hydrogen (secondary N) is 1. The van der Waals surface area contributed by atoms with E-state index in [0.29, 0.717) is 0 Å². The van der Waals surface area contributed by atoms with Gasteiger partial charge in [-0.1, -0.05) is 70.7 Å². The molecule has 1 aliphatic heterocycles. The highest BCUT2D eigenvalue weighted by molar-refractivity contribution is 7.89. The average molecular weight is 455 g/mol. The second-order valence-electron chi connectivity index (χ2n) is 8.40. The molecule has 0 atom stereocenters. The summed E-state index contributed by atoms with van der Waals surface area (Å²) in [5, 5.41) is 2.25. The second kappa shape index (κ2) is 7.56. The first kappa shape index (κ1) is 20.2. The molecular weight excluding hydrogens is 432 g/mol. The van der Waals surface area contributed by atoms with Crippen LogP contribution in [0.25, 0.3) is 32.9 Å². The Bertz CT molecular complexity index is 1600. The molecule has 1 aromatic heterocycles. The van der Waals surface area contributed by atoms with Gasteiger partial charge in [0, 0.05) is 21.9 Å². The fourth-order valence-corrected chi connectivity index (χ4v) is 5.82. The summed E-state index contributed by atoms with van der Waals surface area (Å²) in [5.74, 6) is 0. The van der Waals surface area contributed by atoms with Crippen molar-refractivity contribution in [3.63, 3.8) is 0 Å². The van der Waals surface area contributed by atoms with E-state index in [1.807, 2.05) is 37.3 Å². The first-order chi connectivity index (χ1) is 16.0. The zero-order chi connectivity index (χ0) is 22.6. The molecule has 5 nitrogen and oxygen atoms in total. The minimum atomic E-state index is -3.80. The molecule has 6 heteroatoms. The summed E-state index contributed by atoms with van der Waals surface area (Å²) in [6, 6.07) is 27.3. The van der Waals surface area contributed by atoms with Crippen molar-refractivity contribution in [2.45, 2.75) is 25.0 Å². The maximum absolute atomic E-state index is 13.4. The molecule has 0 saturated heterocycles. The maximum atomic E-state index is 13.4. The van der Waals surface area contributed by atoms with Crippen molar-refractivity contribution in [1.29, 1.82) is 0 Å². The lowest BCUT2D eigenvalue weighted by atomic mass is 9.92. The SMILES string of the molecule is Cc1ccc(S(=O)(=O)N2Cc3c(cc4c([nH]c5ccccc54)c3-c3ccccc3)CO2)cc1. The third-order valence-electron chi connectivity index (χ3n) is 6.30. The summed E-state index contributed by atoms with van der Waals surface area (Å²) in [6.45, 7) is 2.26. The molecule has 0 unspecified atom stereocenters.